The summed E-state index contributed by atoms with van der Waals surface area (Å²) in [5.41, 5.74) is 1.32. The van der Waals surface area contributed by atoms with Crippen LogP contribution in [0.4, 0.5) is 4.39 Å². The van der Waals surface area contributed by atoms with Gasteiger partial charge in [0.05, 0.1) is 18.7 Å². The van der Waals surface area contributed by atoms with E-state index >= 15 is 0 Å². The molecule has 1 atom stereocenters. The lowest BCUT2D eigenvalue weighted by Crippen LogP contribution is -2.37. The summed E-state index contributed by atoms with van der Waals surface area (Å²) >= 11 is 1.35. The molecule has 0 bridgehead atoms. The number of thiazole rings is 1. The highest BCUT2D eigenvalue weighted by Gasteiger charge is 2.18. The highest BCUT2D eigenvalue weighted by molar-refractivity contribution is 7.13. The number of esters is 1. The van der Waals surface area contributed by atoms with Crippen molar-refractivity contribution in [3.63, 3.8) is 0 Å². The fourth-order valence-corrected chi connectivity index (χ4v) is 2.80. The van der Waals surface area contributed by atoms with Gasteiger partial charge in [0.2, 0.25) is 0 Å². The Kier molecular flexibility index (Phi) is 7.03. The lowest BCUT2D eigenvalue weighted by molar-refractivity contribution is -0.154. The number of nitrogens with one attached hydrogen (secondary N) is 1. The van der Waals surface area contributed by atoms with E-state index in [0.29, 0.717) is 23.9 Å². The van der Waals surface area contributed by atoms with Crippen molar-refractivity contribution in [1.82, 2.24) is 10.3 Å². The minimum absolute atomic E-state index is 0.0343. The van der Waals surface area contributed by atoms with Crippen LogP contribution in [0.5, 0.6) is 0 Å². The van der Waals surface area contributed by atoms with E-state index in [2.05, 4.69) is 10.3 Å². The van der Waals surface area contributed by atoms with Crippen LogP contribution < -0.4 is 5.32 Å². The quantitative estimate of drug-likeness (QED) is 0.572. The molecule has 0 aliphatic heterocycles. The number of hydrogen-bond acceptors (Lipinski definition) is 6. The first-order valence-corrected chi connectivity index (χ1v) is 8.54. The molecule has 1 aromatic carbocycles. The molecule has 25 heavy (non-hydrogen) atoms. The van der Waals surface area contributed by atoms with Crippen molar-refractivity contribution < 1.29 is 23.5 Å². The number of methoxy groups -OCH3 is 1. The Labute approximate surface area is 149 Å². The predicted octanol–water partition coefficient (Wildman–Crippen LogP) is 2.19. The number of rotatable bonds is 8. The molecule has 0 fully saturated rings. The van der Waals surface area contributed by atoms with Gasteiger partial charge in [0, 0.05) is 24.6 Å². The summed E-state index contributed by atoms with van der Waals surface area (Å²) in [6.45, 7) is 2.24. The first-order chi connectivity index (χ1) is 12.0. The van der Waals surface area contributed by atoms with Crippen LogP contribution in [0, 0.1) is 5.82 Å². The maximum absolute atomic E-state index is 12.9. The van der Waals surface area contributed by atoms with Crippen molar-refractivity contribution >= 4 is 23.2 Å². The second kappa shape index (κ2) is 9.24. The first kappa shape index (κ1) is 19.0. The van der Waals surface area contributed by atoms with Gasteiger partial charge in [0.1, 0.15) is 10.8 Å². The highest BCUT2D eigenvalue weighted by Crippen LogP contribution is 2.24. The SMILES string of the molecule is COCCNC(=O)[C@H](C)OC(=O)Cc1csc(-c2ccc(F)cc2)n1. The topological polar surface area (TPSA) is 77.5 Å². The van der Waals surface area contributed by atoms with Crippen molar-refractivity contribution in [2.24, 2.45) is 0 Å². The number of benzene rings is 1. The fourth-order valence-electron chi connectivity index (χ4n) is 1.97. The summed E-state index contributed by atoms with van der Waals surface area (Å²) in [5.74, 6) is -1.23. The van der Waals surface area contributed by atoms with Crippen LogP contribution in [0.15, 0.2) is 29.6 Å². The maximum Gasteiger partial charge on any atom is 0.312 e. The van der Waals surface area contributed by atoms with E-state index in [1.807, 2.05) is 0 Å². The summed E-state index contributed by atoms with van der Waals surface area (Å²) in [5, 5.41) is 5.02. The second-order valence-electron chi connectivity index (χ2n) is 5.24. The Balaban J connectivity index is 1.86. The molecular weight excluding hydrogens is 347 g/mol. The number of nitrogens with zero attached hydrogens (tertiary/aromatic N) is 1. The van der Waals surface area contributed by atoms with Gasteiger partial charge in [-0.25, -0.2) is 9.37 Å². The average molecular weight is 366 g/mol. The molecule has 134 valence electrons. The van der Waals surface area contributed by atoms with E-state index in [1.54, 1.807) is 17.5 Å². The Morgan fingerprint density at radius 2 is 2.04 bits per heavy atom. The molecule has 0 spiro atoms. The van der Waals surface area contributed by atoms with Crippen LogP contribution in [0.2, 0.25) is 0 Å². The smallest absolute Gasteiger partial charge is 0.312 e. The normalized spacial score (nSPS) is 11.8. The first-order valence-electron chi connectivity index (χ1n) is 7.66. The van der Waals surface area contributed by atoms with Crippen LogP contribution in [-0.4, -0.2) is 43.2 Å². The van der Waals surface area contributed by atoms with Gasteiger partial charge in [-0.15, -0.1) is 11.3 Å². The summed E-state index contributed by atoms with van der Waals surface area (Å²) in [6.07, 6.45) is -0.924. The zero-order valence-electron chi connectivity index (χ0n) is 14.0. The molecule has 0 saturated heterocycles. The van der Waals surface area contributed by atoms with E-state index in [4.69, 9.17) is 9.47 Å². The Morgan fingerprint density at radius 3 is 2.72 bits per heavy atom. The van der Waals surface area contributed by atoms with Crippen LogP contribution in [0.3, 0.4) is 0 Å². The van der Waals surface area contributed by atoms with Gasteiger partial charge in [-0.05, 0) is 31.2 Å². The fraction of sp³-hybridized carbons (Fsp3) is 0.353. The molecule has 1 amide bonds. The number of hydrogen-bond donors (Lipinski definition) is 1. The number of carbonyl (C=O) groups excluding carboxylic acids is 2. The van der Waals surface area contributed by atoms with Gasteiger partial charge in [0.25, 0.3) is 5.91 Å². The summed E-state index contributed by atoms with van der Waals surface area (Å²) < 4.78 is 22.9. The van der Waals surface area contributed by atoms with E-state index in [1.165, 1.54) is 37.5 Å². The molecule has 1 aromatic heterocycles. The lowest BCUT2D eigenvalue weighted by atomic mass is 10.2. The second-order valence-corrected chi connectivity index (χ2v) is 6.10. The number of aromatic nitrogens is 1. The molecular formula is C17H19FN2O4S. The number of amides is 1. The summed E-state index contributed by atoms with van der Waals surface area (Å²) in [7, 11) is 1.53. The summed E-state index contributed by atoms with van der Waals surface area (Å²) in [4.78, 5) is 28.0. The Hall–Kier alpha value is -2.32. The average Bonchev–Trinajstić information content (AvgIpc) is 3.03. The molecule has 2 rings (SSSR count). The van der Waals surface area contributed by atoms with Gasteiger partial charge >= 0.3 is 5.97 Å². The van der Waals surface area contributed by atoms with Gasteiger partial charge in [-0.3, -0.25) is 9.59 Å². The zero-order valence-corrected chi connectivity index (χ0v) is 14.8. The maximum atomic E-state index is 12.9. The van der Waals surface area contributed by atoms with E-state index in [-0.39, 0.29) is 18.1 Å². The molecule has 0 aliphatic rings. The van der Waals surface area contributed by atoms with E-state index in [0.717, 1.165) is 5.56 Å². The zero-order chi connectivity index (χ0) is 18.2. The van der Waals surface area contributed by atoms with Gasteiger partial charge < -0.3 is 14.8 Å². The molecule has 2 aromatic rings. The molecule has 0 unspecified atom stereocenters. The molecule has 8 heteroatoms. The Bertz CT molecular complexity index is 718. The molecule has 1 heterocycles. The standard InChI is InChI=1S/C17H19FN2O4S/c1-11(16(22)19-7-8-23-2)24-15(21)9-14-10-25-17(20-14)12-3-5-13(18)6-4-12/h3-6,10-11H,7-9H2,1-2H3,(H,19,22)/t11-/m0/s1. The summed E-state index contributed by atoms with van der Waals surface area (Å²) in [6, 6.07) is 5.97. The van der Waals surface area contributed by atoms with Crippen LogP contribution in [0.1, 0.15) is 12.6 Å². The molecule has 0 radical (unpaired) electrons. The minimum atomic E-state index is -0.889. The van der Waals surface area contributed by atoms with Crippen LogP contribution in [0.25, 0.3) is 10.6 Å². The third kappa shape index (κ3) is 5.91. The molecule has 1 N–H and O–H groups in total. The largest absolute Gasteiger partial charge is 0.452 e. The monoisotopic (exact) mass is 366 g/mol. The third-order valence-electron chi connectivity index (χ3n) is 3.25. The van der Waals surface area contributed by atoms with Crippen LogP contribution >= 0.6 is 11.3 Å². The molecule has 6 nitrogen and oxygen atoms in total. The van der Waals surface area contributed by atoms with Gasteiger partial charge in [-0.2, -0.15) is 0 Å². The van der Waals surface area contributed by atoms with Crippen molar-refractivity contribution in [2.45, 2.75) is 19.4 Å². The van der Waals surface area contributed by atoms with Crippen molar-refractivity contribution in [1.29, 1.82) is 0 Å². The number of halogens is 1. The third-order valence-corrected chi connectivity index (χ3v) is 4.19. The van der Waals surface area contributed by atoms with Crippen molar-refractivity contribution in [3.8, 4) is 10.6 Å². The minimum Gasteiger partial charge on any atom is -0.452 e. The molecule has 0 saturated carbocycles. The van der Waals surface area contributed by atoms with E-state index in [9.17, 15) is 14.0 Å². The van der Waals surface area contributed by atoms with Crippen molar-refractivity contribution in [2.75, 3.05) is 20.3 Å². The van der Waals surface area contributed by atoms with Crippen LogP contribution in [-0.2, 0) is 25.5 Å². The number of carbonyl (C=O) groups is 2. The highest BCUT2D eigenvalue weighted by atomic mass is 32.1. The number of ether oxygens (including phenoxy) is 2. The predicted molar refractivity (Wildman–Crippen MR) is 91.7 cm³/mol. The van der Waals surface area contributed by atoms with Crippen molar-refractivity contribution in [3.05, 3.63) is 41.2 Å². The van der Waals surface area contributed by atoms with E-state index < -0.39 is 12.1 Å². The molecule has 0 aliphatic carbocycles. The van der Waals surface area contributed by atoms with Gasteiger partial charge in [-0.1, -0.05) is 0 Å². The Morgan fingerprint density at radius 1 is 1.32 bits per heavy atom. The lowest BCUT2D eigenvalue weighted by Gasteiger charge is -2.12. The van der Waals surface area contributed by atoms with Gasteiger partial charge in [0.15, 0.2) is 6.10 Å².